The summed E-state index contributed by atoms with van der Waals surface area (Å²) < 4.78 is 7.42. The third-order valence-corrected chi connectivity index (χ3v) is 5.21. The molecule has 3 heterocycles. The van der Waals surface area contributed by atoms with Crippen LogP contribution in [0.15, 0.2) is 53.3 Å². The largest absolute Gasteiger partial charge is 0.385 e. The van der Waals surface area contributed by atoms with Crippen molar-refractivity contribution >= 4 is 0 Å². The molecular weight excluding hydrogens is 328 g/mol. The third kappa shape index (κ3) is 3.57. The number of hydrogen-bond donors (Lipinski definition) is 1. The summed E-state index contributed by atoms with van der Waals surface area (Å²) in [6.07, 6.45) is 5.03. The molecule has 1 aliphatic rings. The molecular formula is C20H24N4O2. The van der Waals surface area contributed by atoms with Crippen LogP contribution >= 0.6 is 0 Å². The number of rotatable bonds is 5. The predicted molar refractivity (Wildman–Crippen MR) is 98.1 cm³/mol. The average molecular weight is 352 g/mol. The molecule has 0 saturated carbocycles. The monoisotopic (exact) mass is 352 g/mol. The molecule has 4 rings (SSSR count). The van der Waals surface area contributed by atoms with E-state index in [2.05, 4.69) is 15.0 Å². The summed E-state index contributed by atoms with van der Waals surface area (Å²) >= 11 is 0. The van der Waals surface area contributed by atoms with Gasteiger partial charge in [-0.25, -0.2) is 4.98 Å². The number of nitrogens with zero attached hydrogens (tertiary/aromatic N) is 4. The number of piperidine rings is 1. The molecule has 26 heavy (non-hydrogen) atoms. The fourth-order valence-electron chi connectivity index (χ4n) is 3.65. The number of aromatic nitrogens is 3. The van der Waals surface area contributed by atoms with Crippen LogP contribution in [-0.4, -0.2) is 37.8 Å². The number of aliphatic hydroxyl groups is 1. The van der Waals surface area contributed by atoms with Gasteiger partial charge in [0, 0.05) is 31.1 Å². The van der Waals surface area contributed by atoms with E-state index in [1.54, 1.807) is 6.20 Å². The lowest BCUT2D eigenvalue weighted by atomic mass is 9.90. The van der Waals surface area contributed by atoms with Crippen LogP contribution in [0.3, 0.4) is 0 Å². The van der Waals surface area contributed by atoms with Crippen molar-refractivity contribution in [3.8, 4) is 11.3 Å². The second-order valence-electron chi connectivity index (χ2n) is 7.00. The molecule has 0 spiro atoms. The highest BCUT2D eigenvalue weighted by Crippen LogP contribution is 2.30. The van der Waals surface area contributed by atoms with E-state index in [1.165, 1.54) is 0 Å². The molecule has 0 unspecified atom stereocenters. The minimum absolute atomic E-state index is 0.252. The molecule has 1 N–H and O–H groups in total. The third-order valence-electron chi connectivity index (χ3n) is 5.21. The number of benzene rings is 1. The molecule has 6 heteroatoms. The van der Waals surface area contributed by atoms with E-state index < -0.39 is 6.10 Å². The average Bonchev–Trinajstić information content (AvgIpc) is 3.32. The van der Waals surface area contributed by atoms with E-state index in [-0.39, 0.29) is 5.92 Å². The fraction of sp³-hybridized carbons (Fsp3) is 0.400. The Bertz CT molecular complexity index is 834. The molecule has 136 valence electrons. The zero-order chi connectivity index (χ0) is 17.9. The van der Waals surface area contributed by atoms with Gasteiger partial charge in [-0.1, -0.05) is 35.5 Å². The molecule has 0 bridgehead atoms. The lowest BCUT2D eigenvalue weighted by Gasteiger charge is -2.33. The molecule has 1 fully saturated rings. The summed E-state index contributed by atoms with van der Waals surface area (Å²) in [5, 5.41) is 14.8. The van der Waals surface area contributed by atoms with Crippen molar-refractivity contribution in [2.24, 2.45) is 13.0 Å². The van der Waals surface area contributed by atoms with Crippen LogP contribution in [0.4, 0.5) is 0 Å². The van der Waals surface area contributed by atoms with E-state index in [4.69, 9.17) is 4.52 Å². The first-order valence-electron chi connectivity index (χ1n) is 9.09. The minimum atomic E-state index is -0.493. The van der Waals surface area contributed by atoms with Crippen molar-refractivity contribution in [1.82, 2.24) is 19.6 Å². The van der Waals surface area contributed by atoms with Gasteiger partial charge in [0.1, 0.15) is 17.6 Å². The van der Waals surface area contributed by atoms with Crippen molar-refractivity contribution < 1.29 is 9.63 Å². The van der Waals surface area contributed by atoms with Gasteiger partial charge in [-0.2, -0.15) is 0 Å². The normalized spacial score (nSPS) is 17.5. The topological polar surface area (TPSA) is 67.3 Å². The molecule has 1 atom stereocenters. The highest BCUT2D eigenvalue weighted by atomic mass is 16.5. The van der Waals surface area contributed by atoms with Crippen molar-refractivity contribution in [2.75, 3.05) is 13.1 Å². The van der Waals surface area contributed by atoms with Crippen LogP contribution < -0.4 is 0 Å². The maximum atomic E-state index is 10.6. The predicted octanol–water partition coefficient (Wildman–Crippen LogP) is 3.02. The Balaban J connectivity index is 1.33. The van der Waals surface area contributed by atoms with Gasteiger partial charge in [0.25, 0.3) is 0 Å². The Hall–Kier alpha value is -2.44. The molecule has 0 aliphatic carbocycles. The lowest BCUT2D eigenvalue weighted by Crippen LogP contribution is -2.35. The summed E-state index contributed by atoms with van der Waals surface area (Å²) in [7, 11) is 1.93. The van der Waals surface area contributed by atoms with E-state index in [9.17, 15) is 5.11 Å². The molecule has 0 amide bonds. The van der Waals surface area contributed by atoms with Crippen LogP contribution in [-0.2, 0) is 13.6 Å². The highest BCUT2D eigenvalue weighted by Gasteiger charge is 2.28. The maximum absolute atomic E-state index is 10.6. The Morgan fingerprint density at radius 3 is 2.69 bits per heavy atom. The Kier molecular flexibility index (Phi) is 4.86. The quantitative estimate of drug-likeness (QED) is 0.764. The van der Waals surface area contributed by atoms with Gasteiger partial charge in [0.2, 0.25) is 0 Å². The van der Waals surface area contributed by atoms with Crippen molar-refractivity contribution in [3.63, 3.8) is 0 Å². The zero-order valence-electron chi connectivity index (χ0n) is 15.0. The summed E-state index contributed by atoms with van der Waals surface area (Å²) in [5.41, 5.74) is 1.94. The van der Waals surface area contributed by atoms with Crippen LogP contribution in [0.25, 0.3) is 11.3 Å². The first-order chi connectivity index (χ1) is 12.7. The SMILES string of the molecule is Cn1ccnc1[C@@H](O)C1CCN(Cc2cc(-c3ccccc3)no2)CC1. The Morgan fingerprint density at radius 2 is 2.00 bits per heavy atom. The van der Waals surface area contributed by atoms with E-state index >= 15 is 0 Å². The first kappa shape index (κ1) is 17.0. The van der Waals surface area contributed by atoms with Gasteiger partial charge in [-0.05, 0) is 31.8 Å². The smallest absolute Gasteiger partial charge is 0.151 e. The van der Waals surface area contributed by atoms with Crippen LogP contribution in [0.5, 0.6) is 0 Å². The van der Waals surface area contributed by atoms with Crippen molar-refractivity contribution in [1.29, 1.82) is 0 Å². The maximum Gasteiger partial charge on any atom is 0.151 e. The van der Waals surface area contributed by atoms with Gasteiger partial charge >= 0.3 is 0 Å². The van der Waals surface area contributed by atoms with Gasteiger partial charge in [-0.3, -0.25) is 4.90 Å². The minimum Gasteiger partial charge on any atom is -0.385 e. The fourth-order valence-corrected chi connectivity index (χ4v) is 3.65. The number of imidazole rings is 1. The molecule has 0 radical (unpaired) electrons. The summed E-state index contributed by atoms with van der Waals surface area (Å²) in [6.45, 7) is 2.63. The highest BCUT2D eigenvalue weighted by molar-refractivity contribution is 5.58. The van der Waals surface area contributed by atoms with Crippen molar-refractivity contribution in [3.05, 3.63) is 60.4 Å². The van der Waals surface area contributed by atoms with E-state index in [0.29, 0.717) is 0 Å². The number of hydrogen-bond acceptors (Lipinski definition) is 5. The molecule has 1 saturated heterocycles. The van der Waals surface area contributed by atoms with Gasteiger partial charge in [-0.15, -0.1) is 0 Å². The molecule has 3 aromatic rings. The first-order valence-corrected chi connectivity index (χ1v) is 9.09. The molecule has 2 aromatic heterocycles. The molecule has 6 nitrogen and oxygen atoms in total. The van der Waals surface area contributed by atoms with Gasteiger partial charge in [0.05, 0.1) is 6.54 Å². The Labute approximate surface area is 153 Å². The molecule has 1 aliphatic heterocycles. The van der Waals surface area contributed by atoms with Gasteiger partial charge in [0.15, 0.2) is 5.76 Å². The zero-order valence-corrected chi connectivity index (χ0v) is 15.0. The van der Waals surface area contributed by atoms with Gasteiger partial charge < -0.3 is 14.2 Å². The van der Waals surface area contributed by atoms with Crippen LogP contribution in [0.1, 0.15) is 30.5 Å². The lowest BCUT2D eigenvalue weighted by molar-refractivity contribution is 0.0470. The number of likely N-dealkylation sites (tertiary alicyclic amines) is 1. The van der Waals surface area contributed by atoms with Crippen LogP contribution in [0, 0.1) is 5.92 Å². The van der Waals surface area contributed by atoms with E-state index in [0.717, 1.165) is 55.3 Å². The summed E-state index contributed by atoms with van der Waals surface area (Å²) in [6, 6.07) is 12.1. The number of aryl methyl sites for hydroxylation is 1. The molecule has 1 aromatic carbocycles. The second-order valence-corrected chi connectivity index (χ2v) is 7.00. The summed E-state index contributed by atoms with van der Waals surface area (Å²) in [4.78, 5) is 6.64. The van der Waals surface area contributed by atoms with Crippen molar-refractivity contribution in [2.45, 2.75) is 25.5 Å². The summed E-state index contributed by atoms with van der Waals surface area (Å²) in [5.74, 6) is 1.89. The number of aliphatic hydroxyl groups excluding tert-OH is 1. The van der Waals surface area contributed by atoms with Crippen LogP contribution in [0.2, 0.25) is 0 Å². The standard InChI is InChI=1S/C20H24N4O2/c1-23-12-9-21-20(23)19(25)16-7-10-24(11-8-16)14-17-13-18(22-26-17)15-5-3-2-4-6-15/h2-6,9,12-13,16,19,25H,7-8,10-11,14H2,1H3/t19-/m0/s1. The van der Waals surface area contributed by atoms with E-state index in [1.807, 2.05) is 54.2 Å². The Morgan fingerprint density at radius 1 is 1.23 bits per heavy atom. The second kappa shape index (κ2) is 7.43.